The molecule has 2 aromatic carbocycles. The Bertz CT molecular complexity index is 1430. The molecule has 2 aliphatic carbocycles. The van der Waals surface area contributed by atoms with Crippen LogP contribution >= 0.6 is 39.1 Å². The van der Waals surface area contributed by atoms with E-state index in [2.05, 4.69) is 15.9 Å². The van der Waals surface area contributed by atoms with E-state index in [0.29, 0.717) is 16.5 Å². The molecule has 2 saturated heterocycles. The standard InChI is InChI=1S/C25H19BrCl2N2O6/c26-10-29-22(34)24(27)9-16-13(7-8-14-17(16)21(33)30(36)20(14)32)18(25(24,28)23(29)35)15-6-5-11-3-1-2-4-12(11)19(15)31/h1-7,14,16-18,31,36H,8-10H2. The molecule has 6 unspecified atom stereocenters. The summed E-state index contributed by atoms with van der Waals surface area (Å²) in [5.74, 6) is -6.65. The largest absolute Gasteiger partial charge is 0.507 e. The number of hydrogen-bond donors (Lipinski definition) is 2. The van der Waals surface area contributed by atoms with E-state index < -0.39 is 57.0 Å². The summed E-state index contributed by atoms with van der Waals surface area (Å²) < 4.78 is 0. The molecule has 186 valence electrons. The molecule has 6 atom stereocenters. The summed E-state index contributed by atoms with van der Waals surface area (Å²) in [5, 5.41) is 22.9. The molecule has 0 spiro atoms. The number of hydrogen-bond acceptors (Lipinski definition) is 6. The zero-order chi connectivity index (χ0) is 25.7. The molecule has 8 nitrogen and oxygen atoms in total. The Morgan fingerprint density at radius 3 is 2.44 bits per heavy atom. The third-order valence-corrected chi connectivity index (χ3v) is 10.1. The average Bonchev–Trinajstić information content (AvgIpc) is 3.18. The molecule has 2 heterocycles. The minimum Gasteiger partial charge on any atom is -0.507 e. The van der Waals surface area contributed by atoms with Crippen molar-refractivity contribution in [3.8, 4) is 5.75 Å². The van der Waals surface area contributed by atoms with Gasteiger partial charge in [0.2, 0.25) is 0 Å². The number of likely N-dealkylation sites (tertiary alicyclic amines) is 1. The molecule has 36 heavy (non-hydrogen) atoms. The first-order valence-corrected chi connectivity index (χ1v) is 13.2. The SMILES string of the molecule is O=C1C2CC=C3C(CC4(Cl)C(=O)N(CBr)C(=O)C4(Cl)C3c3ccc4ccccc4c3O)C2C(=O)N1O. The summed E-state index contributed by atoms with van der Waals surface area (Å²) in [5.41, 5.74) is 0.696. The summed E-state index contributed by atoms with van der Waals surface area (Å²) in [4.78, 5) is 49.7. The van der Waals surface area contributed by atoms with Crippen molar-refractivity contribution < 1.29 is 29.5 Å². The molecule has 2 N–H and O–H groups in total. The number of imide groups is 2. The summed E-state index contributed by atoms with van der Waals surface area (Å²) >= 11 is 17.4. The van der Waals surface area contributed by atoms with E-state index >= 15 is 0 Å². The molecule has 3 fully saturated rings. The number of alkyl halides is 3. The highest BCUT2D eigenvalue weighted by Gasteiger charge is 2.76. The van der Waals surface area contributed by atoms with Crippen molar-refractivity contribution in [3.63, 3.8) is 0 Å². The van der Waals surface area contributed by atoms with Gasteiger partial charge < -0.3 is 5.11 Å². The molecule has 11 heteroatoms. The van der Waals surface area contributed by atoms with Gasteiger partial charge in [-0.25, -0.2) is 0 Å². The Kier molecular flexibility index (Phi) is 5.16. The zero-order valence-electron chi connectivity index (χ0n) is 18.5. The quantitative estimate of drug-likeness (QED) is 0.181. The van der Waals surface area contributed by atoms with Crippen molar-refractivity contribution in [3.05, 3.63) is 53.6 Å². The maximum absolute atomic E-state index is 13.7. The normalized spacial score (nSPS) is 35.7. The molecule has 4 aliphatic rings. The fourth-order valence-corrected chi connectivity index (χ4v) is 8.00. The Morgan fingerprint density at radius 1 is 1.00 bits per heavy atom. The van der Waals surface area contributed by atoms with E-state index in [1.54, 1.807) is 30.3 Å². The van der Waals surface area contributed by atoms with Crippen LogP contribution < -0.4 is 0 Å². The molecule has 6 rings (SSSR count). The Morgan fingerprint density at radius 2 is 1.72 bits per heavy atom. The van der Waals surface area contributed by atoms with E-state index in [-0.39, 0.29) is 29.1 Å². The van der Waals surface area contributed by atoms with Crippen LogP contribution in [0, 0.1) is 17.8 Å². The van der Waals surface area contributed by atoms with Crippen molar-refractivity contribution in [1.82, 2.24) is 9.96 Å². The number of allylic oxidation sites excluding steroid dienone is 2. The number of aromatic hydroxyl groups is 1. The van der Waals surface area contributed by atoms with Gasteiger partial charge in [0.05, 0.1) is 17.3 Å². The monoisotopic (exact) mass is 592 g/mol. The summed E-state index contributed by atoms with van der Waals surface area (Å²) in [7, 11) is 0. The third kappa shape index (κ3) is 2.69. The van der Waals surface area contributed by atoms with Crippen molar-refractivity contribution in [1.29, 1.82) is 0 Å². The molecule has 2 aromatic rings. The minimum atomic E-state index is -2.00. The number of nitrogens with zero attached hydrogens (tertiary/aromatic N) is 2. The number of phenols is 1. The third-order valence-electron chi connectivity index (χ3n) is 8.23. The number of benzene rings is 2. The predicted octanol–water partition coefficient (Wildman–Crippen LogP) is 3.65. The number of carbonyl (C=O) groups is 4. The van der Waals surface area contributed by atoms with Gasteiger partial charge in [-0.2, -0.15) is 5.06 Å². The fourth-order valence-electron chi connectivity index (χ4n) is 6.59. The maximum atomic E-state index is 13.7. The lowest BCUT2D eigenvalue weighted by Crippen LogP contribution is -2.60. The molecule has 2 aliphatic heterocycles. The summed E-state index contributed by atoms with van der Waals surface area (Å²) in [6.45, 7) is 0. The van der Waals surface area contributed by atoms with Gasteiger partial charge in [0, 0.05) is 16.9 Å². The smallest absolute Gasteiger partial charge is 0.257 e. The number of carbonyl (C=O) groups excluding carboxylic acids is 4. The van der Waals surface area contributed by atoms with Gasteiger partial charge >= 0.3 is 0 Å². The predicted molar refractivity (Wildman–Crippen MR) is 133 cm³/mol. The number of rotatable bonds is 2. The van der Waals surface area contributed by atoms with Crippen LogP contribution in [0.25, 0.3) is 10.8 Å². The van der Waals surface area contributed by atoms with Crippen LogP contribution in [0.2, 0.25) is 0 Å². The molecular formula is C25H19BrCl2N2O6. The van der Waals surface area contributed by atoms with Crippen LogP contribution in [0.4, 0.5) is 0 Å². The first-order chi connectivity index (χ1) is 17.1. The highest BCUT2D eigenvalue weighted by Crippen LogP contribution is 2.66. The van der Waals surface area contributed by atoms with Gasteiger partial charge in [0.15, 0.2) is 9.75 Å². The number of amides is 4. The van der Waals surface area contributed by atoms with E-state index in [1.165, 1.54) is 0 Å². The average molecular weight is 594 g/mol. The topological polar surface area (TPSA) is 115 Å². The van der Waals surface area contributed by atoms with Crippen LogP contribution in [-0.2, 0) is 19.2 Å². The lowest BCUT2D eigenvalue weighted by atomic mass is 9.56. The highest BCUT2D eigenvalue weighted by molar-refractivity contribution is 9.09. The van der Waals surface area contributed by atoms with Crippen molar-refractivity contribution in [2.45, 2.75) is 28.5 Å². The Balaban J connectivity index is 1.63. The second-order valence-corrected chi connectivity index (χ2v) is 11.4. The minimum absolute atomic E-state index is 0.115. The van der Waals surface area contributed by atoms with Gasteiger partial charge in [-0.3, -0.25) is 29.3 Å². The van der Waals surface area contributed by atoms with Gasteiger partial charge in [0.25, 0.3) is 23.6 Å². The van der Waals surface area contributed by atoms with Crippen molar-refractivity contribution >= 4 is 73.5 Å². The molecule has 0 radical (unpaired) electrons. The van der Waals surface area contributed by atoms with Gasteiger partial charge in [-0.1, -0.05) is 64.0 Å². The molecule has 4 amide bonds. The second-order valence-electron chi connectivity index (χ2n) is 9.70. The number of fused-ring (bicyclic) bond motifs is 5. The Labute approximate surface area is 223 Å². The number of phenolic OH excluding ortho intramolecular Hbond substituents is 1. The van der Waals surface area contributed by atoms with E-state index in [9.17, 15) is 29.5 Å². The van der Waals surface area contributed by atoms with Gasteiger partial charge in [0.1, 0.15) is 5.75 Å². The molecule has 1 saturated carbocycles. The van der Waals surface area contributed by atoms with Crippen molar-refractivity contribution in [2.24, 2.45) is 17.8 Å². The lowest BCUT2D eigenvalue weighted by Gasteiger charge is -2.50. The van der Waals surface area contributed by atoms with Crippen molar-refractivity contribution in [2.75, 3.05) is 5.45 Å². The van der Waals surface area contributed by atoms with Crippen LogP contribution in [-0.4, -0.2) is 59.1 Å². The second kappa shape index (κ2) is 7.77. The van der Waals surface area contributed by atoms with Crippen LogP contribution in [0.1, 0.15) is 24.3 Å². The molecule has 0 bridgehead atoms. The van der Waals surface area contributed by atoms with E-state index in [4.69, 9.17) is 23.2 Å². The fraction of sp³-hybridized carbons (Fsp3) is 0.360. The zero-order valence-corrected chi connectivity index (χ0v) is 21.6. The van der Waals surface area contributed by atoms with Crippen LogP contribution in [0.15, 0.2) is 48.0 Å². The van der Waals surface area contributed by atoms with E-state index in [0.717, 1.165) is 10.3 Å². The summed E-state index contributed by atoms with van der Waals surface area (Å²) in [6.07, 6.45) is 1.69. The van der Waals surface area contributed by atoms with Crippen LogP contribution in [0.5, 0.6) is 5.75 Å². The summed E-state index contributed by atoms with van der Waals surface area (Å²) in [6, 6.07) is 10.6. The Hall–Kier alpha value is -2.46. The molecular weight excluding hydrogens is 575 g/mol. The maximum Gasteiger partial charge on any atom is 0.257 e. The number of hydroxylamine groups is 2. The van der Waals surface area contributed by atoms with Crippen LogP contribution in [0.3, 0.4) is 0 Å². The van der Waals surface area contributed by atoms with Gasteiger partial charge in [-0.15, -0.1) is 23.2 Å². The lowest BCUT2D eigenvalue weighted by molar-refractivity contribution is -0.173. The molecule has 0 aromatic heterocycles. The number of halogens is 3. The first kappa shape index (κ1) is 23.9. The van der Waals surface area contributed by atoms with E-state index in [1.807, 2.05) is 12.1 Å². The van der Waals surface area contributed by atoms with Gasteiger partial charge in [-0.05, 0) is 24.1 Å². The first-order valence-electron chi connectivity index (χ1n) is 11.3. The highest BCUT2D eigenvalue weighted by atomic mass is 79.9.